The number of carbonyl (C=O) groups is 1. The van der Waals surface area contributed by atoms with Gasteiger partial charge in [-0.2, -0.15) is 0 Å². The van der Waals surface area contributed by atoms with Crippen molar-refractivity contribution in [2.24, 2.45) is 0 Å². The van der Waals surface area contributed by atoms with Gasteiger partial charge in [0.15, 0.2) is 0 Å². The molecule has 2 N–H and O–H groups in total. The van der Waals surface area contributed by atoms with Gasteiger partial charge in [0.25, 0.3) is 5.91 Å². The largest absolute Gasteiger partial charge is 0.322 e. The number of benzene rings is 3. The number of amides is 1. The number of nitrogens with one attached hydrogen (secondary N) is 2. The molecule has 0 saturated carbocycles. The second-order valence-electron chi connectivity index (χ2n) is 6.20. The Bertz CT molecular complexity index is 1030. The Morgan fingerprint density at radius 2 is 1.46 bits per heavy atom. The minimum absolute atomic E-state index is 0.252. The SMILES string of the molecule is CS(=O)(=O)Nc1ccc(C(=O)Nc2ccc(CSc3ccccc3)cc2)cc1. The number of hydrogen-bond donors (Lipinski definition) is 2. The summed E-state index contributed by atoms with van der Waals surface area (Å²) in [5, 5.41) is 2.84. The summed E-state index contributed by atoms with van der Waals surface area (Å²) in [7, 11) is -3.34. The Kier molecular flexibility index (Phi) is 6.38. The highest BCUT2D eigenvalue weighted by Gasteiger charge is 2.08. The third kappa shape index (κ3) is 6.14. The smallest absolute Gasteiger partial charge is 0.255 e. The van der Waals surface area contributed by atoms with Gasteiger partial charge in [0.05, 0.1) is 6.26 Å². The van der Waals surface area contributed by atoms with Crippen molar-refractivity contribution in [3.8, 4) is 0 Å². The van der Waals surface area contributed by atoms with E-state index < -0.39 is 10.0 Å². The Balaban J connectivity index is 1.56. The predicted molar refractivity (Wildman–Crippen MR) is 115 cm³/mol. The Morgan fingerprint density at radius 1 is 0.857 bits per heavy atom. The lowest BCUT2D eigenvalue weighted by atomic mass is 10.2. The van der Waals surface area contributed by atoms with E-state index in [0.717, 1.165) is 12.0 Å². The fraction of sp³-hybridized carbons (Fsp3) is 0.0952. The van der Waals surface area contributed by atoms with Crippen molar-refractivity contribution in [1.82, 2.24) is 0 Å². The molecule has 0 radical (unpaired) electrons. The molecule has 3 aromatic carbocycles. The molecule has 0 atom stereocenters. The molecule has 0 aliphatic rings. The third-order valence-corrected chi connectivity index (χ3v) is 5.50. The molecule has 0 aromatic heterocycles. The van der Waals surface area contributed by atoms with Crippen LogP contribution in [0.2, 0.25) is 0 Å². The van der Waals surface area contributed by atoms with Crippen molar-refractivity contribution in [1.29, 1.82) is 0 Å². The molecular weight excluding hydrogens is 392 g/mol. The van der Waals surface area contributed by atoms with Crippen LogP contribution in [-0.4, -0.2) is 20.6 Å². The summed E-state index contributed by atoms with van der Waals surface area (Å²) >= 11 is 1.76. The summed E-state index contributed by atoms with van der Waals surface area (Å²) in [6.45, 7) is 0. The molecule has 7 heteroatoms. The summed E-state index contributed by atoms with van der Waals surface area (Å²) in [4.78, 5) is 13.6. The highest BCUT2D eigenvalue weighted by Crippen LogP contribution is 2.23. The summed E-state index contributed by atoms with van der Waals surface area (Å²) in [6, 6.07) is 24.2. The van der Waals surface area contributed by atoms with Crippen LogP contribution >= 0.6 is 11.8 Å². The molecule has 3 rings (SSSR count). The Labute approximate surface area is 169 Å². The van der Waals surface area contributed by atoms with Crippen LogP contribution in [0.4, 0.5) is 11.4 Å². The van der Waals surface area contributed by atoms with E-state index in [2.05, 4.69) is 22.2 Å². The maximum absolute atomic E-state index is 12.4. The lowest BCUT2D eigenvalue weighted by Crippen LogP contribution is -2.13. The van der Waals surface area contributed by atoms with Crippen LogP contribution in [0.15, 0.2) is 83.8 Å². The van der Waals surface area contributed by atoms with Gasteiger partial charge in [0.1, 0.15) is 0 Å². The normalized spacial score (nSPS) is 11.0. The van der Waals surface area contributed by atoms with Crippen molar-refractivity contribution in [2.45, 2.75) is 10.6 Å². The van der Waals surface area contributed by atoms with E-state index in [1.165, 1.54) is 10.5 Å². The molecule has 0 bridgehead atoms. The van der Waals surface area contributed by atoms with Crippen LogP contribution in [0, 0.1) is 0 Å². The topological polar surface area (TPSA) is 75.3 Å². The highest BCUT2D eigenvalue weighted by molar-refractivity contribution is 7.98. The number of thioether (sulfide) groups is 1. The van der Waals surface area contributed by atoms with Gasteiger partial charge in [-0.3, -0.25) is 9.52 Å². The van der Waals surface area contributed by atoms with Gasteiger partial charge < -0.3 is 5.32 Å². The predicted octanol–water partition coefficient (Wildman–Crippen LogP) is 4.60. The molecule has 3 aromatic rings. The molecule has 5 nitrogen and oxygen atoms in total. The zero-order valence-corrected chi connectivity index (χ0v) is 16.9. The van der Waals surface area contributed by atoms with E-state index in [-0.39, 0.29) is 5.91 Å². The molecule has 0 fully saturated rings. The van der Waals surface area contributed by atoms with Crippen LogP contribution in [0.3, 0.4) is 0 Å². The number of anilines is 2. The van der Waals surface area contributed by atoms with Crippen molar-refractivity contribution in [3.05, 3.63) is 90.0 Å². The molecule has 0 heterocycles. The minimum atomic E-state index is -3.34. The van der Waals surface area contributed by atoms with Crippen molar-refractivity contribution in [2.75, 3.05) is 16.3 Å². The summed E-state index contributed by atoms with van der Waals surface area (Å²) in [6.07, 6.45) is 1.08. The van der Waals surface area contributed by atoms with E-state index >= 15 is 0 Å². The first-order valence-electron chi connectivity index (χ1n) is 8.55. The number of sulfonamides is 1. The van der Waals surface area contributed by atoms with Gasteiger partial charge in [-0.25, -0.2) is 8.42 Å². The second-order valence-corrected chi connectivity index (χ2v) is 9.00. The zero-order valence-electron chi connectivity index (χ0n) is 15.3. The van der Waals surface area contributed by atoms with E-state index in [1.54, 1.807) is 36.0 Å². The molecular formula is C21H20N2O3S2. The maximum atomic E-state index is 12.4. The second kappa shape index (κ2) is 8.95. The quantitative estimate of drug-likeness (QED) is 0.556. The minimum Gasteiger partial charge on any atom is -0.322 e. The average Bonchev–Trinajstić information content (AvgIpc) is 2.67. The van der Waals surface area contributed by atoms with Gasteiger partial charge in [0.2, 0.25) is 10.0 Å². The van der Waals surface area contributed by atoms with Crippen molar-refractivity contribution >= 4 is 39.1 Å². The summed E-state index contributed by atoms with van der Waals surface area (Å²) in [5.74, 6) is 0.602. The number of rotatable bonds is 7. The van der Waals surface area contributed by atoms with Crippen LogP contribution in [0.5, 0.6) is 0 Å². The molecule has 28 heavy (non-hydrogen) atoms. The average molecular weight is 413 g/mol. The Hall–Kier alpha value is -2.77. The zero-order chi connectivity index (χ0) is 20.0. The summed E-state index contributed by atoms with van der Waals surface area (Å²) in [5.41, 5.74) is 2.74. The number of hydrogen-bond acceptors (Lipinski definition) is 4. The standard InChI is InChI=1S/C21H20N2O3S2/c1-28(25,26)23-19-13-9-17(10-14-19)21(24)22-18-11-7-16(8-12-18)15-27-20-5-3-2-4-6-20/h2-14,23H,15H2,1H3,(H,22,24). The lowest BCUT2D eigenvalue weighted by molar-refractivity contribution is 0.102. The fourth-order valence-corrected chi connectivity index (χ4v) is 3.91. The van der Waals surface area contributed by atoms with Crippen LogP contribution < -0.4 is 10.0 Å². The first-order chi connectivity index (χ1) is 13.4. The van der Waals surface area contributed by atoms with Crippen LogP contribution in [0.1, 0.15) is 15.9 Å². The van der Waals surface area contributed by atoms with Gasteiger partial charge in [0, 0.05) is 27.6 Å². The van der Waals surface area contributed by atoms with Gasteiger partial charge in [-0.1, -0.05) is 30.3 Å². The van der Waals surface area contributed by atoms with Gasteiger partial charge in [-0.15, -0.1) is 11.8 Å². The van der Waals surface area contributed by atoms with Crippen LogP contribution in [0.25, 0.3) is 0 Å². The number of carbonyl (C=O) groups excluding carboxylic acids is 1. The molecule has 0 unspecified atom stereocenters. The molecule has 144 valence electrons. The third-order valence-electron chi connectivity index (χ3n) is 3.81. The van der Waals surface area contributed by atoms with E-state index in [4.69, 9.17) is 0 Å². The molecule has 0 aliphatic heterocycles. The molecule has 0 saturated heterocycles. The van der Waals surface area contributed by atoms with Crippen molar-refractivity contribution in [3.63, 3.8) is 0 Å². The van der Waals surface area contributed by atoms with E-state index in [1.807, 2.05) is 42.5 Å². The maximum Gasteiger partial charge on any atom is 0.255 e. The fourth-order valence-electron chi connectivity index (χ4n) is 2.47. The Morgan fingerprint density at radius 3 is 2.07 bits per heavy atom. The highest BCUT2D eigenvalue weighted by atomic mass is 32.2. The van der Waals surface area contributed by atoms with Crippen molar-refractivity contribution < 1.29 is 13.2 Å². The molecule has 1 amide bonds. The molecule has 0 spiro atoms. The molecule has 0 aliphatic carbocycles. The van der Waals surface area contributed by atoms with E-state index in [0.29, 0.717) is 16.9 Å². The van der Waals surface area contributed by atoms with Crippen LogP contribution in [-0.2, 0) is 15.8 Å². The van der Waals surface area contributed by atoms with Gasteiger partial charge in [-0.05, 0) is 54.1 Å². The first kappa shape index (κ1) is 20.0. The van der Waals surface area contributed by atoms with E-state index in [9.17, 15) is 13.2 Å². The van der Waals surface area contributed by atoms with Gasteiger partial charge >= 0.3 is 0 Å². The monoisotopic (exact) mass is 412 g/mol. The first-order valence-corrected chi connectivity index (χ1v) is 11.4. The summed E-state index contributed by atoms with van der Waals surface area (Å²) < 4.78 is 24.8. The lowest BCUT2D eigenvalue weighted by Gasteiger charge is -2.08.